The van der Waals surface area contributed by atoms with Crippen molar-refractivity contribution in [3.05, 3.63) is 16.3 Å². The van der Waals surface area contributed by atoms with Crippen LogP contribution in [0.3, 0.4) is 0 Å². The van der Waals surface area contributed by atoms with E-state index >= 15 is 0 Å². The van der Waals surface area contributed by atoms with Gasteiger partial charge in [0.15, 0.2) is 5.82 Å². The van der Waals surface area contributed by atoms with Gasteiger partial charge < -0.3 is 18.9 Å². The monoisotopic (exact) mass is 350 g/mol. The number of carbonyl (C=O) groups excluding carboxylic acids is 1. The maximum atomic E-state index is 12.5. The molecule has 2 aromatic heterocycles. The van der Waals surface area contributed by atoms with Crippen LogP contribution < -0.4 is 5.32 Å². The number of aromatic nitrogens is 2. The molecule has 1 fully saturated rings. The Balaban J connectivity index is 1.66. The topological polar surface area (TPSA) is 89.7 Å². The number of urea groups is 1. The fourth-order valence-electron chi connectivity index (χ4n) is 2.89. The lowest BCUT2D eigenvalue weighted by atomic mass is 10.1. The first-order chi connectivity index (χ1) is 11.7. The summed E-state index contributed by atoms with van der Waals surface area (Å²) in [6.45, 7) is 5.30. The van der Waals surface area contributed by atoms with Gasteiger partial charge in [-0.2, -0.15) is 4.98 Å². The van der Waals surface area contributed by atoms with Gasteiger partial charge in [-0.3, -0.25) is 5.32 Å². The Kier molecular flexibility index (Phi) is 4.21. The zero-order valence-corrected chi connectivity index (χ0v) is 14.1. The third-order valence-corrected chi connectivity index (χ3v) is 5.20. The predicted octanol–water partition coefficient (Wildman–Crippen LogP) is 2.04. The first-order valence-electron chi connectivity index (χ1n) is 7.89. The van der Waals surface area contributed by atoms with Crippen LogP contribution in [0.25, 0.3) is 11.5 Å². The molecule has 0 saturated carbocycles. The molecule has 9 heteroatoms. The van der Waals surface area contributed by atoms with E-state index in [1.807, 2.05) is 0 Å². The number of aryl methyl sites for hydroxylation is 1. The van der Waals surface area contributed by atoms with Crippen LogP contribution in [0.2, 0.25) is 0 Å². The Labute approximate surface area is 142 Å². The molecule has 24 heavy (non-hydrogen) atoms. The van der Waals surface area contributed by atoms with Crippen molar-refractivity contribution in [3.63, 3.8) is 0 Å². The number of anilines is 1. The van der Waals surface area contributed by atoms with Crippen LogP contribution >= 0.6 is 11.3 Å². The highest BCUT2D eigenvalue weighted by atomic mass is 32.1. The van der Waals surface area contributed by atoms with Gasteiger partial charge in [0.25, 0.3) is 5.89 Å². The van der Waals surface area contributed by atoms with Crippen molar-refractivity contribution in [3.8, 4) is 11.5 Å². The van der Waals surface area contributed by atoms with Crippen LogP contribution in [0.5, 0.6) is 0 Å². The molecular formula is C15H18N4O4S. The number of thiophene rings is 1. The van der Waals surface area contributed by atoms with Crippen LogP contribution in [0.1, 0.15) is 16.3 Å². The molecule has 0 aliphatic carbocycles. The summed E-state index contributed by atoms with van der Waals surface area (Å²) < 4.78 is 16.2. The second-order valence-electron chi connectivity index (χ2n) is 5.69. The van der Waals surface area contributed by atoms with Gasteiger partial charge in [-0.25, -0.2) is 4.79 Å². The van der Waals surface area contributed by atoms with Crippen LogP contribution in [-0.4, -0.2) is 54.0 Å². The van der Waals surface area contributed by atoms with Crippen molar-refractivity contribution in [2.45, 2.75) is 20.0 Å². The van der Waals surface area contributed by atoms with Crippen molar-refractivity contribution < 1.29 is 18.8 Å². The summed E-state index contributed by atoms with van der Waals surface area (Å²) in [5.74, 6) is 1.02. The molecule has 0 unspecified atom stereocenters. The summed E-state index contributed by atoms with van der Waals surface area (Å²) in [5, 5.41) is 7.63. The number of carbonyl (C=O) groups is 1. The minimum atomic E-state index is -0.129. The van der Waals surface area contributed by atoms with Gasteiger partial charge in [0, 0.05) is 18.0 Å². The van der Waals surface area contributed by atoms with Crippen LogP contribution in [0.4, 0.5) is 9.80 Å². The maximum absolute atomic E-state index is 12.5. The molecule has 1 N–H and O–H groups in total. The summed E-state index contributed by atoms with van der Waals surface area (Å²) in [6.07, 6.45) is 0.774. The van der Waals surface area contributed by atoms with Crippen molar-refractivity contribution in [1.82, 2.24) is 15.0 Å². The zero-order valence-electron chi connectivity index (χ0n) is 13.3. The number of hydrogen-bond acceptors (Lipinski definition) is 7. The minimum Gasteiger partial charge on any atom is -0.378 e. The number of rotatable bonds is 2. The molecule has 0 bridgehead atoms. The second-order valence-corrected chi connectivity index (χ2v) is 6.79. The van der Waals surface area contributed by atoms with Crippen molar-refractivity contribution in [2.75, 3.05) is 38.2 Å². The number of amides is 2. The van der Waals surface area contributed by atoms with Gasteiger partial charge >= 0.3 is 6.03 Å². The van der Waals surface area contributed by atoms with E-state index in [4.69, 9.17) is 14.0 Å². The van der Waals surface area contributed by atoms with E-state index in [2.05, 4.69) is 15.5 Å². The first kappa shape index (κ1) is 15.6. The Bertz CT molecular complexity index is 751. The highest BCUT2D eigenvalue weighted by Crippen LogP contribution is 2.42. The number of ether oxygens (including phenoxy) is 2. The van der Waals surface area contributed by atoms with E-state index < -0.39 is 0 Å². The van der Waals surface area contributed by atoms with Gasteiger partial charge in [0.2, 0.25) is 0 Å². The van der Waals surface area contributed by atoms with Crippen LogP contribution in [0.15, 0.2) is 4.52 Å². The second kappa shape index (κ2) is 6.50. The van der Waals surface area contributed by atoms with E-state index in [9.17, 15) is 4.79 Å². The summed E-state index contributed by atoms with van der Waals surface area (Å²) >= 11 is 1.52. The number of morpholine rings is 1. The Morgan fingerprint density at radius 2 is 2.08 bits per heavy atom. The number of fused-ring (bicyclic) bond motifs is 1. The standard InChI is InChI=1S/C15H18N4O4S/c1-9-16-13(23-18-9)12-10-2-5-22-8-11(10)24-14(12)17-15(20)19-3-6-21-7-4-19/h2-8H2,1H3,(H,17,20). The SMILES string of the molecule is Cc1noc(-c2c(NC(=O)N3CCOCC3)sc3c2CCOC3)n1. The van der Waals surface area contributed by atoms with Crippen molar-refractivity contribution in [1.29, 1.82) is 0 Å². The molecule has 4 heterocycles. The Morgan fingerprint density at radius 1 is 1.25 bits per heavy atom. The number of nitrogens with zero attached hydrogens (tertiary/aromatic N) is 3. The molecule has 2 aromatic rings. The number of nitrogens with one attached hydrogen (secondary N) is 1. The zero-order chi connectivity index (χ0) is 16.5. The fourth-order valence-corrected chi connectivity index (χ4v) is 4.05. The van der Waals surface area contributed by atoms with E-state index in [0.717, 1.165) is 27.4 Å². The summed E-state index contributed by atoms with van der Waals surface area (Å²) in [6, 6.07) is -0.129. The molecule has 0 aromatic carbocycles. The molecule has 0 atom stereocenters. The third kappa shape index (κ3) is 2.90. The van der Waals surface area contributed by atoms with E-state index in [1.54, 1.807) is 11.8 Å². The van der Waals surface area contributed by atoms with Gasteiger partial charge in [-0.05, 0) is 18.9 Å². The lowest BCUT2D eigenvalue weighted by molar-refractivity contribution is 0.0565. The van der Waals surface area contributed by atoms with Gasteiger partial charge in [-0.15, -0.1) is 11.3 Å². The molecular weight excluding hydrogens is 332 g/mol. The van der Waals surface area contributed by atoms with Crippen molar-refractivity contribution in [2.24, 2.45) is 0 Å². The highest BCUT2D eigenvalue weighted by Gasteiger charge is 2.28. The van der Waals surface area contributed by atoms with Crippen molar-refractivity contribution >= 4 is 22.4 Å². The Morgan fingerprint density at radius 3 is 2.83 bits per heavy atom. The maximum Gasteiger partial charge on any atom is 0.322 e. The molecule has 1 saturated heterocycles. The quantitative estimate of drug-likeness (QED) is 0.891. The van der Waals surface area contributed by atoms with Gasteiger partial charge in [-0.1, -0.05) is 5.16 Å². The van der Waals surface area contributed by atoms with Gasteiger partial charge in [0.05, 0.1) is 32.0 Å². The molecule has 128 valence electrons. The average Bonchev–Trinajstić information content (AvgIpc) is 3.18. The van der Waals surface area contributed by atoms with E-state index in [1.165, 1.54) is 11.3 Å². The first-order valence-corrected chi connectivity index (χ1v) is 8.70. The van der Waals surface area contributed by atoms with Crippen LogP contribution in [-0.2, 0) is 22.5 Å². The molecule has 0 spiro atoms. The summed E-state index contributed by atoms with van der Waals surface area (Å²) in [7, 11) is 0. The summed E-state index contributed by atoms with van der Waals surface area (Å²) in [4.78, 5) is 19.7. The molecule has 0 radical (unpaired) electrons. The molecule has 8 nitrogen and oxygen atoms in total. The minimum absolute atomic E-state index is 0.129. The predicted molar refractivity (Wildman–Crippen MR) is 87.1 cm³/mol. The molecule has 2 aliphatic heterocycles. The van der Waals surface area contributed by atoms with E-state index in [0.29, 0.717) is 51.2 Å². The van der Waals surface area contributed by atoms with Gasteiger partial charge in [0.1, 0.15) is 5.00 Å². The lowest BCUT2D eigenvalue weighted by Crippen LogP contribution is -2.43. The van der Waals surface area contributed by atoms with Crippen LogP contribution in [0, 0.1) is 6.92 Å². The summed E-state index contributed by atoms with van der Waals surface area (Å²) in [5.41, 5.74) is 1.97. The molecule has 2 amide bonds. The fraction of sp³-hybridized carbons (Fsp3) is 0.533. The molecule has 2 aliphatic rings. The Hall–Kier alpha value is -1.97. The highest BCUT2D eigenvalue weighted by molar-refractivity contribution is 7.17. The number of hydrogen-bond donors (Lipinski definition) is 1. The smallest absolute Gasteiger partial charge is 0.322 e. The largest absolute Gasteiger partial charge is 0.378 e. The average molecular weight is 350 g/mol. The lowest BCUT2D eigenvalue weighted by Gasteiger charge is -2.26. The molecule has 4 rings (SSSR count). The van der Waals surface area contributed by atoms with E-state index in [-0.39, 0.29) is 6.03 Å². The normalized spacial score (nSPS) is 17.6. The third-order valence-electron chi connectivity index (χ3n) is 4.08.